The molecule has 0 heterocycles. The molecule has 0 aliphatic heterocycles. The van der Waals surface area contributed by atoms with Gasteiger partial charge in [0.15, 0.2) is 9.04 Å². The third-order valence-corrected chi connectivity index (χ3v) is 2.78. The second kappa shape index (κ2) is 10.0. The van der Waals surface area contributed by atoms with Crippen molar-refractivity contribution >= 4 is 9.04 Å². The fourth-order valence-corrected chi connectivity index (χ4v) is 1.73. The van der Waals surface area contributed by atoms with Gasteiger partial charge in [-0.1, -0.05) is 31.9 Å². The number of allylic oxidation sites excluding steroid dienone is 1. The second-order valence-electron chi connectivity index (χ2n) is 3.68. The standard InChI is InChI=1S/C11H24OSi/c1-4-5-6-7-8-9-10-11-12-13(2)3/h8-9,13H,4-7,10-11H2,1-3H3. The Morgan fingerprint density at radius 3 is 2.38 bits per heavy atom. The molecule has 78 valence electrons. The van der Waals surface area contributed by atoms with Gasteiger partial charge in [0.25, 0.3) is 0 Å². The zero-order valence-corrected chi connectivity index (χ0v) is 10.5. The Bertz CT molecular complexity index is 121. The number of rotatable bonds is 8. The van der Waals surface area contributed by atoms with Crippen LogP contribution in [0, 0.1) is 0 Å². The van der Waals surface area contributed by atoms with E-state index in [9.17, 15) is 0 Å². The molecule has 0 atom stereocenters. The van der Waals surface area contributed by atoms with Crippen molar-refractivity contribution in [1.29, 1.82) is 0 Å². The van der Waals surface area contributed by atoms with Gasteiger partial charge in [-0.2, -0.15) is 0 Å². The largest absolute Gasteiger partial charge is 0.420 e. The molecule has 0 unspecified atom stereocenters. The fraction of sp³-hybridized carbons (Fsp3) is 0.818. The van der Waals surface area contributed by atoms with Crippen molar-refractivity contribution in [2.45, 2.75) is 52.1 Å². The summed E-state index contributed by atoms with van der Waals surface area (Å²) in [5.41, 5.74) is 0. The van der Waals surface area contributed by atoms with Crippen LogP contribution in [0.1, 0.15) is 39.0 Å². The molecule has 0 aromatic heterocycles. The average molecular weight is 200 g/mol. The summed E-state index contributed by atoms with van der Waals surface area (Å²) in [5, 5.41) is 0. The molecule has 2 heteroatoms. The molecule has 0 amide bonds. The Hall–Kier alpha value is -0.0831. The van der Waals surface area contributed by atoms with E-state index in [2.05, 4.69) is 32.2 Å². The predicted octanol–water partition coefficient (Wildman–Crippen LogP) is 3.51. The molecule has 1 nitrogen and oxygen atoms in total. The maximum absolute atomic E-state index is 5.56. The van der Waals surface area contributed by atoms with E-state index in [1.165, 1.54) is 25.7 Å². The topological polar surface area (TPSA) is 9.23 Å². The van der Waals surface area contributed by atoms with E-state index < -0.39 is 9.04 Å². The Morgan fingerprint density at radius 1 is 1.08 bits per heavy atom. The Balaban J connectivity index is 3.03. The van der Waals surface area contributed by atoms with Crippen LogP contribution in [-0.4, -0.2) is 15.6 Å². The van der Waals surface area contributed by atoms with Gasteiger partial charge >= 0.3 is 0 Å². The Kier molecular flexibility index (Phi) is 9.94. The maximum atomic E-state index is 5.56. The Labute approximate surface area is 84.9 Å². The van der Waals surface area contributed by atoms with E-state index in [-0.39, 0.29) is 0 Å². The molecule has 0 saturated heterocycles. The molecular formula is C11H24OSi. The molecule has 0 rings (SSSR count). The molecule has 0 N–H and O–H groups in total. The number of unbranched alkanes of at least 4 members (excludes halogenated alkanes) is 3. The third kappa shape index (κ3) is 11.9. The summed E-state index contributed by atoms with van der Waals surface area (Å²) in [7, 11) is -0.774. The van der Waals surface area contributed by atoms with E-state index in [0.717, 1.165) is 13.0 Å². The van der Waals surface area contributed by atoms with Crippen molar-refractivity contribution in [2.75, 3.05) is 6.61 Å². The van der Waals surface area contributed by atoms with E-state index in [0.29, 0.717) is 0 Å². The highest BCUT2D eigenvalue weighted by Crippen LogP contribution is 2.00. The molecule has 0 radical (unpaired) electrons. The van der Waals surface area contributed by atoms with Crippen LogP contribution < -0.4 is 0 Å². The van der Waals surface area contributed by atoms with E-state index in [1.54, 1.807) is 0 Å². The summed E-state index contributed by atoms with van der Waals surface area (Å²) in [4.78, 5) is 0. The van der Waals surface area contributed by atoms with Gasteiger partial charge in [-0.15, -0.1) is 0 Å². The van der Waals surface area contributed by atoms with Gasteiger partial charge in [-0.25, -0.2) is 0 Å². The van der Waals surface area contributed by atoms with Crippen LogP contribution in [0.15, 0.2) is 12.2 Å². The highest BCUT2D eigenvalue weighted by atomic mass is 28.3. The van der Waals surface area contributed by atoms with Crippen molar-refractivity contribution in [3.05, 3.63) is 12.2 Å². The molecule has 13 heavy (non-hydrogen) atoms. The van der Waals surface area contributed by atoms with E-state index in [4.69, 9.17) is 4.43 Å². The van der Waals surface area contributed by atoms with Gasteiger partial charge in [-0.3, -0.25) is 0 Å². The highest BCUT2D eigenvalue weighted by molar-refractivity contribution is 6.48. The van der Waals surface area contributed by atoms with Gasteiger partial charge in [0.05, 0.1) is 0 Å². The van der Waals surface area contributed by atoms with Crippen molar-refractivity contribution in [1.82, 2.24) is 0 Å². The minimum atomic E-state index is -0.774. The molecular weight excluding hydrogens is 176 g/mol. The van der Waals surface area contributed by atoms with Crippen LogP contribution in [0.4, 0.5) is 0 Å². The smallest absolute Gasteiger partial charge is 0.170 e. The van der Waals surface area contributed by atoms with Crippen LogP contribution in [0.5, 0.6) is 0 Å². The van der Waals surface area contributed by atoms with E-state index >= 15 is 0 Å². The molecule has 0 aromatic rings. The molecule has 0 saturated carbocycles. The SMILES string of the molecule is CCCCCC=CCCO[SiH](C)C. The van der Waals surface area contributed by atoms with E-state index in [1.807, 2.05) is 0 Å². The summed E-state index contributed by atoms with van der Waals surface area (Å²) in [5.74, 6) is 0. The Morgan fingerprint density at radius 2 is 1.77 bits per heavy atom. The van der Waals surface area contributed by atoms with Crippen molar-refractivity contribution in [3.63, 3.8) is 0 Å². The highest BCUT2D eigenvalue weighted by Gasteiger charge is 1.91. The first-order chi connectivity index (χ1) is 6.27. The number of hydrogen-bond acceptors (Lipinski definition) is 1. The zero-order chi connectivity index (χ0) is 9.94. The van der Waals surface area contributed by atoms with Crippen LogP contribution in [0.2, 0.25) is 13.1 Å². The van der Waals surface area contributed by atoms with Crippen molar-refractivity contribution < 1.29 is 4.43 Å². The maximum Gasteiger partial charge on any atom is 0.170 e. The number of hydrogen-bond donors (Lipinski definition) is 0. The summed E-state index contributed by atoms with van der Waals surface area (Å²) in [6, 6.07) is 0. The first-order valence-electron chi connectivity index (χ1n) is 5.54. The summed E-state index contributed by atoms with van der Waals surface area (Å²) in [6.45, 7) is 7.59. The fourth-order valence-electron chi connectivity index (χ4n) is 1.12. The first-order valence-corrected chi connectivity index (χ1v) is 8.32. The van der Waals surface area contributed by atoms with Crippen molar-refractivity contribution in [2.24, 2.45) is 0 Å². The minimum Gasteiger partial charge on any atom is -0.420 e. The monoisotopic (exact) mass is 200 g/mol. The van der Waals surface area contributed by atoms with Crippen molar-refractivity contribution in [3.8, 4) is 0 Å². The average Bonchev–Trinajstić information content (AvgIpc) is 2.09. The molecule has 0 fully saturated rings. The van der Waals surface area contributed by atoms with Gasteiger partial charge in [0.2, 0.25) is 0 Å². The summed E-state index contributed by atoms with van der Waals surface area (Å²) in [6.07, 6.45) is 10.9. The van der Waals surface area contributed by atoms with Gasteiger partial charge in [0.1, 0.15) is 0 Å². The first kappa shape index (κ1) is 12.9. The lowest BCUT2D eigenvalue weighted by Crippen LogP contribution is -2.07. The van der Waals surface area contributed by atoms with Crippen LogP contribution in [-0.2, 0) is 4.43 Å². The molecule has 0 bridgehead atoms. The van der Waals surface area contributed by atoms with Crippen LogP contribution >= 0.6 is 0 Å². The molecule has 0 spiro atoms. The zero-order valence-electron chi connectivity index (χ0n) is 9.38. The molecule has 0 aromatic carbocycles. The normalized spacial score (nSPS) is 11.7. The van der Waals surface area contributed by atoms with Crippen LogP contribution in [0.3, 0.4) is 0 Å². The molecule has 0 aliphatic rings. The lowest BCUT2D eigenvalue weighted by molar-refractivity contribution is 0.334. The lowest BCUT2D eigenvalue weighted by atomic mass is 10.2. The molecule has 0 aliphatic carbocycles. The minimum absolute atomic E-state index is 0.774. The predicted molar refractivity (Wildman–Crippen MR) is 62.7 cm³/mol. The van der Waals surface area contributed by atoms with Crippen LogP contribution in [0.25, 0.3) is 0 Å². The quantitative estimate of drug-likeness (QED) is 0.331. The summed E-state index contributed by atoms with van der Waals surface area (Å²) < 4.78 is 5.56. The second-order valence-corrected chi connectivity index (χ2v) is 6.11. The lowest BCUT2D eigenvalue weighted by Gasteiger charge is -2.02. The summed E-state index contributed by atoms with van der Waals surface area (Å²) >= 11 is 0. The van der Waals surface area contributed by atoms with Gasteiger partial charge in [0, 0.05) is 6.61 Å². The van der Waals surface area contributed by atoms with Gasteiger partial charge < -0.3 is 4.43 Å². The van der Waals surface area contributed by atoms with Gasteiger partial charge in [-0.05, 0) is 32.4 Å². The third-order valence-electron chi connectivity index (χ3n) is 1.88.